The smallest absolute Gasteiger partial charge is 0.325 e. The molecule has 4 aromatic rings. The number of nitrogens with one attached hydrogen (secondary N) is 1. The molecular weight excluding hydrogens is 670 g/mol. The molecule has 1 aromatic heterocycles. The van der Waals surface area contributed by atoms with Gasteiger partial charge < -0.3 is 5.32 Å². The molecule has 0 aliphatic carbocycles. The third-order valence-electron chi connectivity index (χ3n) is 8.28. The van der Waals surface area contributed by atoms with Crippen LogP contribution in [0.4, 0.5) is 30.2 Å². The van der Waals surface area contributed by atoms with Crippen molar-refractivity contribution < 1.29 is 32.5 Å². The number of halogens is 3. The second kappa shape index (κ2) is 12.0. The quantitative estimate of drug-likeness (QED) is 0.137. The molecule has 3 amide bonds. The van der Waals surface area contributed by atoms with Crippen molar-refractivity contribution in [2.45, 2.75) is 55.1 Å². The molecule has 0 unspecified atom stereocenters. The van der Waals surface area contributed by atoms with E-state index in [4.69, 9.17) is 0 Å². The molecule has 1 N–H and O–H groups in total. The van der Waals surface area contributed by atoms with Crippen LogP contribution in [0.1, 0.15) is 48.3 Å². The monoisotopic (exact) mass is 696 g/mol. The first-order valence-corrected chi connectivity index (χ1v) is 16.3. The number of fused-ring (bicyclic) bond motifs is 2. The SMILES string of the molecule is CC(C)(C)c1ccc([C@@H]2c3sc(=O)n(CC(=O)Nc4cccc(C(F)(F)F)c4)c3S[C@@H]3C(=O)N(c4ccc([N+](=O)[O-])cc4)C(=O)[C@H]23)cc1. The van der Waals surface area contributed by atoms with Crippen molar-refractivity contribution in [2.75, 3.05) is 10.2 Å². The van der Waals surface area contributed by atoms with E-state index in [2.05, 4.69) is 5.32 Å². The van der Waals surface area contributed by atoms with Crippen molar-refractivity contribution in [1.29, 1.82) is 0 Å². The molecule has 248 valence electrons. The molecule has 2 aliphatic heterocycles. The van der Waals surface area contributed by atoms with Crippen molar-refractivity contribution in [3.8, 4) is 0 Å². The van der Waals surface area contributed by atoms with Gasteiger partial charge in [-0.1, -0.05) is 74.2 Å². The number of thioether (sulfide) groups is 1. The molecule has 0 bridgehead atoms. The minimum atomic E-state index is -4.62. The molecule has 3 aromatic carbocycles. The first kappa shape index (κ1) is 33.2. The van der Waals surface area contributed by atoms with E-state index in [1.54, 1.807) is 0 Å². The molecule has 15 heteroatoms. The Morgan fingerprint density at radius 1 is 0.938 bits per heavy atom. The number of anilines is 2. The zero-order chi connectivity index (χ0) is 34.7. The summed E-state index contributed by atoms with van der Waals surface area (Å²) in [6, 6.07) is 16.7. The number of hydrogen-bond acceptors (Lipinski definition) is 8. The van der Waals surface area contributed by atoms with Crippen molar-refractivity contribution in [2.24, 2.45) is 5.92 Å². The third-order valence-corrected chi connectivity index (χ3v) is 10.9. The third kappa shape index (κ3) is 6.03. The summed E-state index contributed by atoms with van der Waals surface area (Å²) in [4.78, 5) is 66.1. The molecule has 10 nitrogen and oxygen atoms in total. The molecule has 3 heterocycles. The second-order valence-corrected chi connectivity index (χ2v) is 14.6. The minimum Gasteiger partial charge on any atom is -0.325 e. The van der Waals surface area contributed by atoms with Crippen LogP contribution in [0.2, 0.25) is 0 Å². The number of carbonyl (C=O) groups excluding carboxylic acids is 3. The van der Waals surface area contributed by atoms with Gasteiger partial charge in [0.1, 0.15) is 11.8 Å². The van der Waals surface area contributed by atoms with Crippen LogP contribution in [0.25, 0.3) is 0 Å². The van der Waals surface area contributed by atoms with Crippen LogP contribution in [0.5, 0.6) is 0 Å². The summed E-state index contributed by atoms with van der Waals surface area (Å²) in [5, 5.41) is 12.9. The Hall–Kier alpha value is -4.76. The van der Waals surface area contributed by atoms with E-state index in [1.165, 1.54) is 34.9 Å². The number of thiazole rings is 1. The number of amides is 3. The summed E-state index contributed by atoms with van der Waals surface area (Å²) < 4.78 is 40.8. The highest BCUT2D eigenvalue weighted by Gasteiger charge is 2.57. The van der Waals surface area contributed by atoms with Gasteiger partial charge in [-0.05, 0) is 46.9 Å². The largest absolute Gasteiger partial charge is 0.416 e. The van der Waals surface area contributed by atoms with Gasteiger partial charge in [-0.3, -0.25) is 33.9 Å². The number of rotatable bonds is 6. The van der Waals surface area contributed by atoms with Crippen LogP contribution in [0.15, 0.2) is 82.6 Å². The Labute approximate surface area is 279 Å². The van der Waals surface area contributed by atoms with Crippen LogP contribution in [0, 0.1) is 16.0 Å². The molecule has 48 heavy (non-hydrogen) atoms. The predicted octanol–water partition coefficient (Wildman–Crippen LogP) is 6.57. The van der Waals surface area contributed by atoms with Crippen molar-refractivity contribution >= 4 is 57.9 Å². The summed E-state index contributed by atoms with van der Waals surface area (Å²) in [6.45, 7) is 5.59. The Morgan fingerprint density at radius 3 is 2.21 bits per heavy atom. The number of nitrogens with zero attached hydrogens (tertiary/aromatic N) is 3. The van der Waals surface area contributed by atoms with Crippen molar-refractivity contribution in [1.82, 2.24) is 4.57 Å². The molecule has 6 rings (SSSR count). The number of nitro benzene ring substituents is 1. The lowest BCUT2D eigenvalue weighted by atomic mass is 9.81. The summed E-state index contributed by atoms with van der Waals surface area (Å²) in [5.74, 6) is -3.55. The number of nitro groups is 1. The highest BCUT2D eigenvalue weighted by atomic mass is 32.2. The Kier molecular flexibility index (Phi) is 8.32. The lowest BCUT2D eigenvalue weighted by Crippen LogP contribution is -2.33. The van der Waals surface area contributed by atoms with E-state index < -0.39 is 62.9 Å². The standard InChI is InChI=1S/C33H27F3N4O6S2/c1-32(2,3)18-9-7-17(8-10-18)24-25-26(29(43)39(28(25)42)21-11-13-22(14-12-21)40(45)46)47-30-27(24)48-31(44)38(30)16-23(41)37-20-6-4-5-19(15-20)33(34,35)36/h4-15,24-26H,16H2,1-3H3,(H,37,41)/t24-,25+,26-/m0/s1. The first-order chi connectivity index (χ1) is 22.5. The molecule has 0 saturated carbocycles. The van der Waals surface area contributed by atoms with Crippen LogP contribution in [-0.2, 0) is 32.5 Å². The van der Waals surface area contributed by atoms with E-state index in [-0.39, 0.29) is 22.5 Å². The molecule has 1 fully saturated rings. The number of non-ortho nitro benzene ring substituents is 1. The fourth-order valence-corrected chi connectivity index (χ4v) is 8.67. The summed E-state index contributed by atoms with van der Waals surface area (Å²) in [7, 11) is 0. The zero-order valence-electron chi connectivity index (χ0n) is 25.6. The van der Waals surface area contributed by atoms with Gasteiger partial charge in [0.25, 0.3) is 5.69 Å². The highest BCUT2D eigenvalue weighted by molar-refractivity contribution is 8.00. The average Bonchev–Trinajstić information content (AvgIpc) is 3.46. The lowest BCUT2D eigenvalue weighted by molar-refractivity contribution is -0.384. The van der Waals surface area contributed by atoms with Crippen LogP contribution in [-0.4, -0.2) is 32.5 Å². The van der Waals surface area contributed by atoms with Crippen molar-refractivity contribution in [3.05, 3.63) is 114 Å². The summed E-state index contributed by atoms with van der Waals surface area (Å²) >= 11 is 1.82. The second-order valence-electron chi connectivity index (χ2n) is 12.4. The fourth-order valence-electron chi connectivity index (χ4n) is 5.90. The fraction of sp³-hybridized carbons (Fsp3) is 0.273. The Balaban J connectivity index is 1.39. The average molecular weight is 697 g/mol. The van der Waals surface area contributed by atoms with E-state index in [0.29, 0.717) is 15.5 Å². The van der Waals surface area contributed by atoms with Gasteiger partial charge in [0.15, 0.2) is 0 Å². The number of carbonyl (C=O) groups is 3. The maximum Gasteiger partial charge on any atom is 0.416 e. The van der Waals surface area contributed by atoms with E-state index >= 15 is 0 Å². The Bertz CT molecular complexity index is 2020. The molecule has 1 saturated heterocycles. The zero-order valence-corrected chi connectivity index (χ0v) is 27.2. The normalized spacial score (nSPS) is 19.2. The van der Waals surface area contributed by atoms with Crippen LogP contribution in [0.3, 0.4) is 0 Å². The van der Waals surface area contributed by atoms with Gasteiger partial charge in [0, 0.05) is 28.6 Å². The molecule has 2 aliphatic rings. The van der Waals surface area contributed by atoms with Gasteiger partial charge in [0.2, 0.25) is 17.7 Å². The summed E-state index contributed by atoms with van der Waals surface area (Å²) in [5.41, 5.74) is 0.409. The summed E-state index contributed by atoms with van der Waals surface area (Å²) in [6.07, 6.45) is -4.62. The molecular formula is C33H27F3N4O6S2. The van der Waals surface area contributed by atoms with Crippen LogP contribution < -0.4 is 15.1 Å². The molecule has 0 spiro atoms. The maximum absolute atomic E-state index is 14.1. The van der Waals surface area contributed by atoms with Gasteiger partial charge in [-0.2, -0.15) is 13.2 Å². The predicted molar refractivity (Wildman–Crippen MR) is 174 cm³/mol. The van der Waals surface area contributed by atoms with E-state index in [0.717, 1.165) is 51.8 Å². The number of hydrogen-bond donors (Lipinski definition) is 1. The number of benzene rings is 3. The van der Waals surface area contributed by atoms with E-state index in [9.17, 15) is 42.5 Å². The topological polar surface area (TPSA) is 132 Å². The number of alkyl halides is 3. The number of imide groups is 1. The first-order valence-electron chi connectivity index (χ1n) is 14.6. The molecule has 3 atom stereocenters. The van der Waals surface area contributed by atoms with Gasteiger partial charge in [-0.15, -0.1) is 0 Å². The van der Waals surface area contributed by atoms with Gasteiger partial charge in [0.05, 0.1) is 27.1 Å². The van der Waals surface area contributed by atoms with Crippen molar-refractivity contribution in [3.63, 3.8) is 0 Å². The lowest BCUT2D eigenvalue weighted by Gasteiger charge is -2.31. The minimum absolute atomic E-state index is 0.105. The van der Waals surface area contributed by atoms with Gasteiger partial charge >= 0.3 is 11.0 Å². The number of aromatic nitrogens is 1. The molecule has 0 radical (unpaired) electrons. The van der Waals surface area contributed by atoms with Gasteiger partial charge in [-0.25, -0.2) is 4.90 Å². The Morgan fingerprint density at radius 2 is 1.60 bits per heavy atom. The maximum atomic E-state index is 14.1. The van der Waals surface area contributed by atoms with E-state index in [1.807, 2.05) is 45.0 Å². The van der Waals surface area contributed by atoms with Crippen LogP contribution >= 0.6 is 23.1 Å². The highest BCUT2D eigenvalue weighted by Crippen LogP contribution is 2.54.